The molecule has 0 saturated carbocycles. The molecule has 12 heteroatoms. The summed E-state index contributed by atoms with van der Waals surface area (Å²) in [6.07, 6.45) is -3.42. The second-order valence-corrected chi connectivity index (χ2v) is 6.63. The summed E-state index contributed by atoms with van der Waals surface area (Å²) < 4.78 is 59.9. The van der Waals surface area contributed by atoms with Crippen molar-refractivity contribution in [2.24, 2.45) is 0 Å². The molecule has 8 nitrogen and oxygen atoms in total. The van der Waals surface area contributed by atoms with Crippen LogP contribution in [-0.4, -0.2) is 52.2 Å². The van der Waals surface area contributed by atoms with Gasteiger partial charge >= 0.3 is 6.18 Å². The number of rotatable bonds is 4. The third-order valence-electron chi connectivity index (χ3n) is 4.59. The Bertz CT molecular complexity index is 1060. The normalized spacial score (nSPS) is 14.5. The van der Waals surface area contributed by atoms with Gasteiger partial charge in [0.05, 0.1) is 30.8 Å². The van der Waals surface area contributed by atoms with Crippen molar-refractivity contribution in [3.8, 4) is 5.69 Å². The summed E-state index contributed by atoms with van der Waals surface area (Å²) >= 11 is 0. The SMILES string of the molecule is O=C(Nc1ccc(N2CCOCC2)cn1)c1nnn(-c2ccc(F)cc2)c1C(F)(F)F. The van der Waals surface area contributed by atoms with Crippen LogP contribution in [0.1, 0.15) is 16.2 Å². The fraction of sp³-hybridized carbons (Fsp3) is 0.263. The molecule has 2 aromatic heterocycles. The van der Waals surface area contributed by atoms with Gasteiger partial charge < -0.3 is 15.0 Å². The van der Waals surface area contributed by atoms with Crippen LogP contribution in [0.3, 0.4) is 0 Å². The molecule has 1 aliphatic heterocycles. The van der Waals surface area contributed by atoms with Crippen LogP contribution in [0.25, 0.3) is 5.69 Å². The number of pyridine rings is 1. The summed E-state index contributed by atoms with van der Waals surface area (Å²) in [5.74, 6) is -1.68. The number of aromatic nitrogens is 4. The smallest absolute Gasteiger partial charge is 0.378 e. The van der Waals surface area contributed by atoms with Gasteiger partial charge in [-0.2, -0.15) is 13.2 Å². The monoisotopic (exact) mass is 436 g/mol. The molecule has 1 N–H and O–H groups in total. The molecule has 1 saturated heterocycles. The lowest BCUT2D eigenvalue weighted by atomic mass is 10.2. The standard InChI is InChI=1S/C19H16F4N6O2/c20-12-1-3-13(4-2-12)29-17(19(21,22)23)16(26-27-29)18(30)25-15-6-5-14(11-24-15)28-7-9-31-10-8-28/h1-6,11H,7-10H2,(H,24,25,30). The molecule has 0 aliphatic carbocycles. The van der Waals surface area contributed by atoms with Crippen LogP contribution < -0.4 is 10.2 Å². The number of halogens is 4. The zero-order valence-corrected chi connectivity index (χ0v) is 15.9. The van der Waals surface area contributed by atoms with E-state index >= 15 is 0 Å². The van der Waals surface area contributed by atoms with E-state index in [2.05, 4.69) is 20.6 Å². The second-order valence-electron chi connectivity index (χ2n) is 6.63. The maximum Gasteiger partial charge on any atom is 0.435 e. The molecule has 0 bridgehead atoms. The number of nitrogens with one attached hydrogen (secondary N) is 1. The Hall–Kier alpha value is -3.54. The molecule has 31 heavy (non-hydrogen) atoms. The van der Waals surface area contributed by atoms with Crippen molar-refractivity contribution in [1.82, 2.24) is 20.0 Å². The van der Waals surface area contributed by atoms with E-state index in [4.69, 9.17) is 4.74 Å². The van der Waals surface area contributed by atoms with Gasteiger partial charge in [-0.3, -0.25) is 4.79 Å². The van der Waals surface area contributed by atoms with Crippen molar-refractivity contribution in [2.75, 3.05) is 36.5 Å². The van der Waals surface area contributed by atoms with Crippen LogP contribution in [0.5, 0.6) is 0 Å². The number of ether oxygens (including phenoxy) is 1. The fourth-order valence-corrected chi connectivity index (χ4v) is 3.10. The molecule has 1 amide bonds. The van der Waals surface area contributed by atoms with Crippen LogP contribution in [0.15, 0.2) is 42.6 Å². The van der Waals surface area contributed by atoms with E-state index in [9.17, 15) is 22.4 Å². The predicted molar refractivity (Wildman–Crippen MR) is 102 cm³/mol. The molecule has 3 aromatic rings. The summed E-state index contributed by atoms with van der Waals surface area (Å²) in [4.78, 5) is 18.6. The van der Waals surface area contributed by atoms with Gasteiger partial charge in [0.2, 0.25) is 0 Å². The van der Waals surface area contributed by atoms with Crippen molar-refractivity contribution in [1.29, 1.82) is 0 Å². The number of alkyl halides is 3. The van der Waals surface area contributed by atoms with E-state index in [1.165, 1.54) is 12.3 Å². The Labute approximate surface area is 173 Å². The van der Waals surface area contributed by atoms with Gasteiger partial charge in [0.1, 0.15) is 11.6 Å². The van der Waals surface area contributed by atoms with Crippen molar-refractivity contribution >= 4 is 17.4 Å². The maximum atomic E-state index is 13.7. The number of morpholine rings is 1. The lowest BCUT2D eigenvalue weighted by molar-refractivity contribution is -0.143. The molecule has 0 radical (unpaired) electrons. The minimum absolute atomic E-state index is 0.0615. The van der Waals surface area contributed by atoms with Crippen LogP contribution in [0.4, 0.5) is 29.1 Å². The number of nitrogens with zero attached hydrogens (tertiary/aromatic N) is 5. The summed E-state index contributed by atoms with van der Waals surface area (Å²) in [5.41, 5.74) is -1.58. The average molecular weight is 436 g/mol. The van der Waals surface area contributed by atoms with E-state index in [0.29, 0.717) is 31.0 Å². The van der Waals surface area contributed by atoms with Gasteiger partial charge in [-0.15, -0.1) is 5.10 Å². The van der Waals surface area contributed by atoms with E-state index in [1.54, 1.807) is 6.07 Å². The number of hydrogen-bond acceptors (Lipinski definition) is 6. The highest BCUT2D eigenvalue weighted by Crippen LogP contribution is 2.33. The van der Waals surface area contributed by atoms with Gasteiger partial charge in [-0.05, 0) is 36.4 Å². The highest BCUT2D eigenvalue weighted by Gasteiger charge is 2.42. The third kappa shape index (κ3) is 4.48. The number of carbonyl (C=O) groups excluding carboxylic acids is 1. The van der Waals surface area contributed by atoms with Gasteiger partial charge in [-0.1, -0.05) is 5.21 Å². The van der Waals surface area contributed by atoms with E-state index in [-0.39, 0.29) is 11.5 Å². The molecule has 3 heterocycles. The largest absolute Gasteiger partial charge is 0.435 e. The van der Waals surface area contributed by atoms with Crippen molar-refractivity contribution in [3.05, 3.63) is 59.8 Å². The van der Waals surface area contributed by atoms with Crippen molar-refractivity contribution in [2.45, 2.75) is 6.18 Å². The maximum absolute atomic E-state index is 13.7. The fourth-order valence-electron chi connectivity index (χ4n) is 3.10. The topological polar surface area (TPSA) is 85.2 Å². The van der Waals surface area contributed by atoms with Crippen molar-refractivity contribution < 1.29 is 27.1 Å². The Morgan fingerprint density at radius 3 is 2.32 bits per heavy atom. The average Bonchev–Trinajstić information content (AvgIpc) is 3.21. The van der Waals surface area contributed by atoms with E-state index in [0.717, 1.165) is 30.0 Å². The number of amides is 1. The summed E-state index contributed by atoms with van der Waals surface area (Å²) in [6, 6.07) is 7.36. The molecule has 162 valence electrons. The molecule has 4 rings (SSSR count). The number of anilines is 2. The van der Waals surface area contributed by atoms with Gasteiger partial charge in [0.25, 0.3) is 5.91 Å². The summed E-state index contributed by atoms with van der Waals surface area (Å²) in [5, 5.41) is 9.16. The summed E-state index contributed by atoms with van der Waals surface area (Å²) in [6.45, 7) is 2.55. The van der Waals surface area contributed by atoms with Crippen LogP contribution in [0, 0.1) is 5.82 Å². The van der Waals surface area contributed by atoms with Gasteiger partial charge in [-0.25, -0.2) is 14.1 Å². The highest BCUT2D eigenvalue weighted by molar-refractivity contribution is 6.03. The lowest BCUT2D eigenvalue weighted by Crippen LogP contribution is -2.36. The molecule has 1 aliphatic rings. The number of hydrogen-bond donors (Lipinski definition) is 1. The van der Waals surface area contributed by atoms with Crippen LogP contribution in [0.2, 0.25) is 0 Å². The number of carbonyl (C=O) groups is 1. The first-order valence-corrected chi connectivity index (χ1v) is 9.22. The van der Waals surface area contributed by atoms with Gasteiger partial charge in [0, 0.05) is 13.1 Å². The first-order chi connectivity index (χ1) is 14.8. The van der Waals surface area contributed by atoms with Crippen molar-refractivity contribution in [3.63, 3.8) is 0 Å². The lowest BCUT2D eigenvalue weighted by Gasteiger charge is -2.28. The molecule has 0 unspecified atom stereocenters. The van der Waals surface area contributed by atoms with E-state index < -0.39 is 29.3 Å². The Kier molecular flexibility index (Phi) is 5.55. The quantitative estimate of drug-likeness (QED) is 0.634. The third-order valence-corrected chi connectivity index (χ3v) is 4.59. The summed E-state index contributed by atoms with van der Waals surface area (Å²) in [7, 11) is 0. The first-order valence-electron chi connectivity index (χ1n) is 9.22. The molecular formula is C19H16F4N6O2. The molecule has 1 fully saturated rings. The Morgan fingerprint density at radius 2 is 1.71 bits per heavy atom. The molecule has 0 atom stereocenters. The van der Waals surface area contributed by atoms with Crippen LogP contribution >= 0.6 is 0 Å². The molecular weight excluding hydrogens is 420 g/mol. The van der Waals surface area contributed by atoms with Gasteiger partial charge in [0.15, 0.2) is 11.4 Å². The highest BCUT2D eigenvalue weighted by atomic mass is 19.4. The minimum Gasteiger partial charge on any atom is -0.378 e. The number of benzene rings is 1. The zero-order chi connectivity index (χ0) is 22.0. The molecule has 1 aromatic carbocycles. The Morgan fingerprint density at radius 1 is 1.03 bits per heavy atom. The van der Waals surface area contributed by atoms with E-state index in [1.807, 2.05) is 4.90 Å². The molecule has 0 spiro atoms. The predicted octanol–water partition coefficient (Wildman–Crippen LogP) is 2.91. The minimum atomic E-state index is -4.93. The Balaban J connectivity index is 1.57. The zero-order valence-electron chi connectivity index (χ0n) is 15.9. The second kappa shape index (κ2) is 8.30. The first kappa shape index (κ1) is 20.7. The van der Waals surface area contributed by atoms with Crippen LogP contribution in [-0.2, 0) is 10.9 Å².